The van der Waals surface area contributed by atoms with Crippen molar-refractivity contribution in [3.05, 3.63) is 69.3 Å². The summed E-state index contributed by atoms with van der Waals surface area (Å²) in [5.41, 5.74) is 1.95. The Hall–Kier alpha value is -1.29. The summed E-state index contributed by atoms with van der Waals surface area (Å²) in [6.07, 6.45) is 0. The monoisotopic (exact) mass is 349 g/mol. The van der Waals surface area contributed by atoms with E-state index in [0.29, 0.717) is 5.02 Å². The quantitative estimate of drug-likeness (QED) is 0.706. The molecule has 1 unspecified atom stereocenters. The van der Waals surface area contributed by atoms with Crippen LogP contribution in [0.5, 0.6) is 0 Å². The number of furan rings is 1. The van der Waals surface area contributed by atoms with Crippen molar-refractivity contribution in [2.45, 2.75) is 6.04 Å². The summed E-state index contributed by atoms with van der Waals surface area (Å²) in [5, 5.41) is 5.08. The molecule has 2 nitrogen and oxygen atoms in total. The predicted octanol–water partition coefficient (Wildman–Crippen LogP) is 5.16. The summed E-state index contributed by atoms with van der Waals surface area (Å²) in [4.78, 5) is 0. The van der Waals surface area contributed by atoms with Crippen molar-refractivity contribution in [3.63, 3.8) is 0 Å². The molecule has 0 aliphatic rings. The van der Waals surface area contributed by atoms with Crippen LogP contribution in [0.3, 0.4) is 0 Å². The highest BCUT2D eigenvalue weighted by atomic mass is 79.9. The molecule has 0 saturated carbocycles. The molecule has 4 heteroatoms. The smallest absolute Gasteiger partial charge is 0.134 e. The van der Waals surface area contributed by atoms with Gasteiger partial charge in [-0.15, -0.1) is 0 Å². The van der Waals surface area contributed by atoms with E-state index in [4.69, 9.17) is 16.0 Å². The number of hydrogen-bond donors (Lipinski definition) is 1. The van der Waals surface area contributed by atoms with E-state index in [9.17, 15) is 0 Å². The number of rotatable bonds is 3. The first-order chi connectivity index (χ1) is 9.67. The summed E-state index contributed by atoms with van der Waals surface area (Å²) in [7, 11) is 1.91. The second-order valence-electron chi connectivity index (χ2n) is 4.61. The summed E-state index contributed by atoms with van der Waals surface area (Å²) >= 11 is 9.60. The summed E-state index contributed by atoms with van der Waals surface area (Å²) < 4.78 is 6.89. The predicted molar refractivity (Wildman–Crippen MR) is 86.3 cm³/mol. The highest BCUT2D eigenvalue weighted by molar-refractivity contribution is 9.10. The first-order valence-corrected chi connectivity index (χ1v) is 7.46. The minimum Gasteiger partial charge on any atom is -0.459 e. The zero-order valence-corrected chi connectivity index (χ0v) is 13.2. The highest BCUT2D eigenvalue weighted by Gasteiger charge is 2.17. The molecule has 0 aliphatic carbocycles. The van der Waals surface area contributed by atoms with Crippen molar-refractivity contribution in [2.24, 2.45) is 0 Å². The molecule has 1 heterocycles. The van der Waals surface area contributed by atoms with Gasteiger partial charge in [-0.25, -0.2) is 0 Å². The molecular weight excluding hydrogens is 338 g/mol. The Balaban J connectivity index is 2.08. The SMILES string of the molecule is CNC(c1cc(Cl)cc(Br)c1)c1cc2ccccc2o1. The van der Waals surface area contributed by atoms with Crippen molar-refractivity contribution < 1.29 is 4.42 Å². The lowest BCUT2D eigenvalue weighted by Gasteiger charge is -2.14. The summed E-state index contributed by atoms with van der Waals surface area (Å²) in [5.74, 6) is 0.878. The molecule has 20 heavy (non-hydrogen) atoms. The lowest BCUT2D eigenvalue weighted by atomic mass is 10.0. The fourth-order valence-corrected chi connectivity index (χ4v) is 3.25. The molecule has 1 aromatic heterocycles. The minimum atomic E-state index is -0.0302. The molecule has 0 fully saturated rings. The van der Waals surface area contributed by atoms with Gasteiger partial charge in [0, 0.05) is 14.9 Å². The standard InChI is InChI=1S/C16H13BrClNO/c1-19-16(11-6-12(17)9-13(18)7-11)15-8-10-4-2-3-5-14(10)20-15/h2-9,16,19H,1H3. The average molecular weight is 351 g/mol. The molecule has 0 spiro atoms. The van der Waals surface area contributed by atoms with Crippen LogP contribution < -0.4 is 5.32 Å². The van der Waals surface area contributed by atoms with Gasteiger partial charge < -0.3 is 9.73 Å². The van der Waals surface area contributed by atoms with E-state index < -0.39 is 0 Å². The van der Waals surface area contributed by atoms with Crippen LogP contribution in [0.2, 0.25) is 5.02 Å². The number of para-hydroxylation sites is 1. The molecule has 2 aromatic carbocycles. The number of halogens is 2. The number of benzene rings is 2. The van der Waals surface area contributed by atoms with Gasteiger partial charge in [0.05, 0.1) is 6.04 Å². The fraction of sp³-hybridized carbons (Fsp3) is 0.125. The van der Waals surface area contributed by atoms with Crippen LogP contribution in [0.15, 0.2) is 57.4 Å². The van der Waals surface area contributed by atoms with Gasteiger partial charge in [-0.3, -0.25) is 0 Å². The van der Waals surface area contributed by atoms with Gasteiger partial charge in [0.2, 0.25) is 0 Å². The average Bonchev–Trinajstić information content (AvgIpc) is 2.81. The number of nitrogens with one attached hydrogen (secondary N) is 1. The van der Waals surface area contributed by atoms with Crippen molar-refractivity contribution in [1.29, 1.82) is 0 Å². The lowest BCUT2D eigenvalue weighted by molar-refractivity contribution is 0.491. The zero-order chi connectivity index (χ0) is 14.1. The Morgan fingerprint density at radius 3 is 2.65 bits per heavy atom. The second-order valence-corrected chi connectivity index (χ2v) is 5.96. The molecule has 0 bridgehead atoms. The van der Waals surface area contributed by atoms with E-state index in [-0.39, 0.29) is 6.04 Å². The lowest BCUT2D eigenvalue weighted by Crippen LogP contribution is -2.16. The second kappa shape index (κ2) is 5.60. The summed E-state index contributed by atoms with van der Waals surface area (Å²) in [6, 6.07) is 15.9. The topological polar surface area (TPSA) is 25.2 Å². The van der Waals surface area contributed by atoms with Gasteiger partial charge in [-0.1, -0.05) is 45.7 Å². The Kier molecular flexibility index (Phi) is 3.83. The Morgan fingerprint density at radius 1 is 1.15 bits per heavy atom. The van der Waals surface area contributed by atoms with E-state index in [0.717, 1.165) is 26.8 Å². The van der Waals surface area contributed by atoms with Crippen LogP contribution in [-0.2, 0) is 0 Å². The van der Waals surface area contributed by atoms with E-state index >= 15 is 0 Å². The Bertz CT molecular complexity index is 700. The van der Waals surface area contributed by atoms with E-state index in [1.165, 1.54) is 0 Å². The maximum Gasteiger partial charge on any atom is 0.134 e. The third kappa shape index (κ3) is 2.62. The molecule has 102 valence electrons. The molecule has 0 amide bonds. The van der Waals surface area contributed by atoms with E-state index in [2.05, 4.69) is 27.3 Å². The van der Waals surface area contributed by atoms with Crippen LogP contribution in [0, 0.1) is 0 Å². The van der Waals surface area contributed by atoms with Gasteiger partial charge >= 0.3 is 0 Å². The van der Waals surface area contributed by atoms with Crippen LogP contribution in [-0.4, -0.2) is 7.05 Å². The van der Waals surface area contributed by atoms with Crippen molar-refractivity contribution in [1.82, 2.24) is 5.32 Å². The number of fused-ring (bicyclic) bond motifs is 1. The molecule has 3 rings (SSSR count). The third-order valence-corrected chi connectivity index (χ3v) is 3.91. The largest absolute Gasteiger partial charge is 0.459 e. The Labute approximate surface area is 130 Å². The highest BCUT2D eigenvalue weighted by Crippen LogP contribution is 2.31. The van der Waals surface area contributed by atoms with Crippen molar-refractivity contribution in [2.75, 3.05) is 7.05 Å². The molecule has 1 N–H and O–H groups in total. The minimum absolute atomic E-state index is 0.0302. The molecule has 0 aliphatic heterocycles. The van der Waals surface area contributed by atoms with Crippen molar-refractivity contribution >= 4 is 38.5 Å². The maximum absolute atomic E-state index is 6.13. The van der Waals surface area contributed by atoms with Gasteiger partial charge in [0.25, 0.3) is 0 Å². The summed E-state index contributed by atoms with van der Waals surface area (Å²) in [6.45, 7) is 0. The van der Waals surface area contributed by atoms with Crippen LogP contribution in [0.25, 0.3) is 11.0 Å². The van der Waals surface area contributed by atoms with Gasteiger partial charge in [-0.05, 0) is 42.9 Å². The van der Waals surface area contributed by atoms with Crippen LogP contribution in [0.4, 0.5) is 0 Å². The molecule has 0 saturated heterocycles. The normalized spacial score (nSPS) is 12.8. The molecular formula is C16H13BrClNO. The molecule has 0 radical (unpaired) electrons. The Morgan fingerprint density at radius 2 is 1.95 bits per heavy atom. The first kappa shape index (κ1) is 13.7. The van der Waals surface area contributed by atoms with Gasteiger partial charge in [-0.2, -0.15) is 0 Å². The maximum atomic E-state index is 6.13. The fourth-order valence-electron chi connectivity index (χ4n) is 2.36. The van der Waals surface area contributed by atoms with Crippen LogP contribution >= 0.6 is 27.5 Å². The van der Waals surface area contributed by atoms with E-state index in [1.54, 1.807) is 0 Å². The molecule has 1 atom stereocenters. The van der Waals surface area contributed by atoms with Crippen LogP contribution in [0.1, 0.15) is 17.4 Å². The zero-order valence-electron chi connectivity index (χ0n) is 10.9. The third-order valence-electron chi connectivity index (χ3n) is 3.24. The van der Waals surface area contributed by atoms with Crippen molar-refractivity contribution in [3.8, 4) is 0 Å². The van der Waals surface area contributed by atoms with Gasteiger partial charge in [0.1, 0.15) is 11.3 Å². The van der Waals surface area contributed by atoms with Gasteiger partial charge in [0.15, 0.2) is 0 Å². The first-order valence-electron chi connectivity index (χ1n) is 6.29. The van der Waals surface area contributed by atoms with E-state index in [1.807, 2.05) is 49.5 Å². The molecule has 3 aromatic rings. The number of hydrogen-bond acceptors (Lipinski definition) is 2.